The predicted octanol–water partition coefficient (Wildman–Crippen LogP) is 1.12. The normalized spacial score (nSPS) is 9.86. The van der Waals surface area contributed by atoms with Gasteiger partial charge in [-0.25, -0.2) is 0 Å². The number of primary amides is 1. The van der Waals surface area contributed by atoms with Crippen molar-refractivity contribution in [1.29, 1.82) is 0 Å². The number of nitrogens with one attached hydrogen (secondary N) is 1. The molecule has 0 fully saturated rings. The molecular weight excluding hydrogens is 218 g/mol. The quantitative estimate of drug-likeness (QED) is 0.664. The number of thiocarbonyl (C=S) groups is 1. The molecule has 6 heteroatoms. The van der Waals surface area contributed by atoms with E-state index in [-0.39, 0.29) is 5.11 Å². The van der Waals surface area contributed by atoms with Crippen LogP contribution in [0.2, 0.25) is 0 Å². The van der Waals surface area contributed by atoms with Crippen molar-refractivity contribution in [2.75, 3.05) is 5.32 Å². The van der Waals surface area contributed by atoms with Gasteiger partial charge in [0.25, 0.3) is 5.91 Å². The van der Waals surface area contributed by atoms with Crippen LogP contribution in [0.5, 0.6) is 0 Å². The highest BCUT2D eigenvalue weighted by atomic mass is 32.1. The Balaban J connectivity index is 3.22. The van der Waals surface area contributed by atoms with E-state index in [4.69, 9.17) is 23.7 Å². The van der Waals surface area contributed by atoms with E-state index < -0.39 is 5.91 Å². The molecule has 14 heavy (non-hydrogen) atoms. The number of thiophene rings is 1. The zero-order chi connectivity index (χ0) is 10.9. The zero-order valence-corrected chi connectivity index (χ0v) is 9.51. The molecule has 1 rings (SSSR count). The van der Waals surface area contributed by atoms with Crippen LogP contribution in [-0.2, 0) is 0 Å². The molecule has 4 nitrogen and oxygen atoms in total. The predicted molar refractivity (Wildman–Crippen MR) is 62.7 cm³/mol. The molecule has 0 radical (unpaired) electrons. The molecule has 0 aromatic carbocycles. The third kappa shape index (κ3) is 2.02. The maximum Gasteiger partial charge on any atom is 0.251 e. The van der Waals surface area contributed by atoms with Crippen molar-refractivity contribution in [3.63, 3.8) is 0 Å². The fourth-order valence-corrected chi connectivity index (χ4v) is 2.37. The van der Waals surface area contributed by atoms with E-state index in [1.165, 1.54) is 11.3 Å². The number of amides is 1. The maximum absolute atomic E-state index is 11.1. The Hall–Kier alpha value is -1.14. The maximum atomic E-state index is 11.1. The number of anilines is 1. The van der Waals surface area contributed by atoms with Gasteiger partial charge in [0.15, 0.2) is 5.11 Å². The summed E-state index contributed by atoms with van der Waals surface area (Å²) < 4.78 is 0. The van der Waals surface area contributed by atoms with Crippen molar-refractivity contribution in [1.82, 2.24) is 0 Å². The molecule has 0 atom stereocenters. The lowest BCUT2D eigenvalue weighted by atomic mass is 10.1. The Morgan fingerprint density at radius 3 is 2.43 bits per heavy atom. The molecular formula is C8H11N3OS2. The topological polar surface area (TPSA) is 81.1 Å². The second kappa shape index (κ2) is 3.93. The summed E-state index contributed by atoms with van der Waals surface area (Å²) >= 11 is 6.12. The Morgan fingerprint density at radius 2 is 2.00 bits per heavy atom. The summed E-state index contributed by atoms with van der Waals surface area (Å²) in [5.74, 6) is -0.467. The van der Waals surface area contributed by atoms with Crippen LogP contribution in [0.4, 0.5) is 5.00 Å². The summed E-state index contributed by atoms with van der Waals surface area (Å²) in [6, 6.07) is 0. The number of hydrogen-bond donors (Lipinski definition) is 3. The highest BCUT2D eigenvalue weighted by Gasteiger charge is 2.17. The minimum Gasteiger partial charge on any atom is -0.376 e. The van der Waals surface area contributed by atoms with Gasteiger partial charge in [-0.2, -0.15) is 0 Å². The summed E-state index contributed by atoms with van der Waals surface area (Å²) in [4.78, 5) is 12.2. The number of carbonyl (C=O) groups excluding carboxylic acids is 1. The number of nitrogens with two attached hydrogens (primary N) is 2. The first-order chi connectivity index (χ1) is 6.43. The standard InChI is InChI=1S/C8H11N3OS2/c1-3-4(2)14-7(11-8(10)13)5(3)6(9)12/h1-2H3,(H2,9,12)(H3,10,11,13). The van der Waals surface area contributed by atoms with Crippen molar-refractivity contribution < 1.29 is 4.79 Å². The largest absolute Gasteiger partial charge is 0.376 e. The summed E-state index contributed by atoms with van der Waals surface area (Å²) in [6.45, 7) is 3.76. The van der Waals surface area contributed by atoms with E-state index in [2.05, 4.69) is 5.32 Å². The van der Waals surface area contributed by atoms with Crippen molar-refractivity contribution in [3.05, 3.63) is 16.0 Å². The van der Waals surface area contributed by atoms with Crippen molar-refractivity contribution >= 4 is 39.6 Å². The van der Waals surface area contributed by atoms with Crippen LogP contribution >= 0.6 is 23.6 Å². The lowest BCUT2D eigenvalue weighted by Crippen LogP contribution is -2.21. The smallest absolute Gasteiger partial charge is 0.251 e. The minimum atomic E-state index is -0.467. The van der Waals surface area contributed by atoms with Crippen molar-refractivity contribution in [2.45, 2.75) is 13.8 Å². The van der Waals surface area contributed by atoms with E-state index in [0.717, 1.165) is 10.4 Å². The highest BCUT2D eigenvalue weighted by Crippen LogP contribution is 2.31. The first-order valence-corrected chi connectivity index (χ1v) is 5.12. The molecule has 1 aromatic heterocycles. The van der Waals surface area contributed by atoms with E-state index in [1.54, 1.807) is 0 Å². The van der Waals surface area contributed by atoms with Crippen LogP contribution in [0.3, 0.4) is 0 Å². The number of carbonyl (C=O) groups is 1. The summed E-state index contributed by atoms with van der Waals surface area (Å²) in [7, 11) is 0. The molecule has 0 unspecified atom stereocenters. The van der Waals surface area contributed by atoms with Gasteiger partial charge in [0.1, 0.15) is 5.00 Å². The summed E-state index contributed by atoms with van der Waals surface area (Å²) in [5, 5.41) is 3.50. The average molecular weight is 229 g/mol. The lowest BCUT2D eigenvalue weighted by molar-refractivity contribution is 0.100. The van der Waals surface area contributed by atoms with Crippen LogP contribution < -0.4 is 16.8 Å². The fourth-order valence-electron chi connectivity index (χ4n) is 1.12. The van der Waals surface area contributed by atoms with Crippen LogP contribution in [0.15, 0.2) is 0 Å². The van der Waals surface area contributed by atoms with Crippen molar-refractivity contribution in [2.24, 2.45) is 11.5 Å². The van der Waals surface area contributed by atoms with Gasteiger partial charge in [-0.15, -0.1) is 11.3 Å². The second-order valence-electron chi connectivity index (χ2n) is 2.84. The van der Waals surface area contributed by atoms with Crippen molar-refractivity contribution in [3.8, 4) is 0 Å². The molecule has 1 amide bonds. The molecule has 0 aliphatic carbocycles. The molecule has 0 bridgehead atoms. The fraction of sp³-hybridized carbons (Fsp3) is 0.250. The van der Waals surface area contributed by atoms with Gasteiger partial charge in [0.2, 0.25) is 0 Å². The molecule has 1 aromatic rings. The average Bonchev–Trinajstić information content (AvgIpc) is 2.26. The number of aryl methyl sites for hydroxylation is 1. The van der Waals surface area contributed by atoms with Crippen LogP contribution in [0, 0.1) is 13.8 Å². The third-order valence-corrected chi connectivity index (χ3v) is 3.09. The van der Waals surface area contributed by atoms with E-state index in [9.17, 15) is 4.79 Å². The second-order valence-corrected chi connectivity index (χ2v) is 4.51. The van der Waals surface area contributed by atoms with Gasteiger partial charge in [-0.3, -0.25) is 4.79 Å². The third-order valence-electron chi connectivity index (χ3n) is 1.87. The first kappa shape index (κ1) is 10.9. The zero-order valence-electron chi connectivity index (χ0n) is 7.88. The minimum absolute atomic E-state index is 0.133. The lowest BCUT2D eigenvalue weighted by Gasteiger charge is -2.02. The monoisotopic (exact) mass is 229 g/mol. The van der Waals surface area contributed by atoms with Gasteiger partial charge < -0.3 is 16.8 Å². The first-order valence-electron chi connectivity index (χ1n) is 3.89. The Morgan fingerprint density at radius 1 is 1.43 bits per heavy atom. The Labute approximate surface area is 91.3 Å². The van der Waals surface area contributed by atoms with E-state index >= 15 is 0 Å². The highest BCUT2D eigenvalue weighted by molar-refractivity contribution is 7.80. The molecule has 5 N–H and O–H groups in total. The molecule has 0 saturated heterocycles. The summed E-state index contributed by atoms with van der Waals surface area (Å²) in [5.41, 5.74) is 11.9. The SMILES string of the molecule is Cc1sc(NC(N)=S)c(C(N)=O)c1C. The Bertz CT molecular complexity index is 398. The van der Waals surface area contributed by atoms with Gasteiger partial charge in [0.05, 0.1) is 5.56 Å². The molecule has 0 aliphatic heterocycles. The molecule has 0 spiro atoms. The van der Waals surface area contributed by atoms with E-state index in [0.29, 0.717) is 10.6 Å². The van der Waals surface area contributed by atoms with Gasteiger partial charge in [-0.1, -0.05) is 0 Å². The molecule has 0 saturated carbocycles. The van der Waals surface area contributed by atoms with E-state index in [1.807, 2.05) is 13.8 Å². The molecule has 76 valence electrons. The van der Waals surface area contributed by atoms with Crippen LogP contribution in [-0.4, -0.2) is 11.0 Å². The van der Waals surface area contributed by atoms with Gasteiger partial charge in [0, 0.05) is 4.88 Å². The van der Waals surface area contributed by atoms with Gasteiger partial charge in [-0.05, 0) is 31.6 Å². The van der Waals surface area contributed by atoms with Crippen LogP contribution in [0.1, 0.15) is 20.8 Å². The molecule has 0 aliphatic rings. The Kier molecular flexibility index (Phi) is 3.07. The number of rotatable bonds is 2. The summed E-state index contributed by atoms with van der Waals surface area (Å²) in [6.07, 6.45) is 0. The number of hydrogen-bond acceptors (Lipinski definition) is 3. The van der Waals surface area contributed by atoms with Gasteiger partial charge >= 0.3 is 0 Å². The molecule has 1 heterocycles. The van der Waals surface area contributed by atoms with Crippen LogP contribution in [0.25, 0.3) is 0 Å².